The molecule has 6 nitrogen and oxygen atoms in total. The van der Waals surface area contributed by atoms with Gasteiger partial charge in [0.15, 0.2) is 11.6 Å². The van der Waals surface area contributed by atoms with Crippen molar-refractivity contribution < 1.29 is 14.1 Å². The summed E-state index contributed by atoms with van der Waals surface area (Å²) in [5.41, 5.74) is 0.839. The number of nitrogens with zero attached hydrogens (tertiary/aromatic N) is 3. The third-order valence-electron chi connectivity index (χ3n) is 2.48. The molecule has 20 heavy (non-hydrogen) atoms. The molecule has 0 atom stereocenters. The van der Waals surface area contributed by atoms with Crippen molar-refractivity contribution in [2.45, 2.75) is 12.3 Å². The SMILES string of the molecule is Cc1cc(Oc2ncc(CBr)cn2)c(F)cc1[N+](=O)[O-]. The third-order valence-corrected chi connectivity index (χ3v) is 3.13. The molecule has 2 rings (SSSR count). The van der Waals surface area contributed by atoms with E-state index in [1.165, 1.54) is 25.4 Å². The zero-order valence-corrected chi connectivity index (χ0v) is 11.9. The Labute approximate surface area is 121 Å². The zero-order chi connectivity index (χ0) is 14.7. The average molecular weight is 342 g/mol. The van der Waals surface area contributed by atoms with Crippen molar-refractivity contribution in [3.63, 3.8) is 0 Å². The van der Waals surface area contributed by atoms with Crippen LogP contribution in [0.5, 0.6) is 11.8 Å². The Balaban J connectivity index is 2.29. The first-order valence-corrected chi connectivity index (χ1v) is 6.62. The summed E-state index contributed by atoms with van der Waals surface area (Å²) in [7, 11) is 0. The molecule has 0 amide bonds. The largest absolute Gasteiger partial charge is 0.421 e. The van der Waals surface area contributed by atoms with Crippen molar-refractivity contribution in [2.75, 3.05) is 0 Å². The fraction of sp³-hybridized carbons (Fsp3) is 0.167. The molecule has 0 radical (unpaired) electrons. The second kappa shape index (κ2) is 5.91. The average Bonchev–Trinajstić information content (AvgIpc) is 2.43. The van der Waals surface area contributed by atoms with Crippen LogP contribution >= 0.6 is 15.9 Å². The highest BCUT2D eigenvalue weighted by Gasteiger charge is 2.17. The van der Waals surface area contributed by atoms with Crippen molar-refractivity contribution in [3.8, 4) is 11.8 Å². The van der Waals surface area contributed by atoms with Crippen LogP contribution in [0.3, 0.4) is 0 Å². The Hall–Kier alpha value is -2.09. The number of nitro groups is 1. The van der Waals surface area contributed by atoms with Gasteiger partial charge in [-0.1, -0.05) is 15.9 Å². The lowest BCUT2D eigenvalue weighted by Gasteiger charge is -2.06. The molecular formula is C12H9BrFN3O3. The van der Waals surface area contributed by atoms with E-state index in [0.717, 1.165) is 11.6 Å². The molecule has 0 spiro atoms. The molecule has 0 fully saturated rings. The van der Waals surface area contributed by atoms with E-state index >= 15 is 0 Å². The lowest BCUT2D eigenvalue weighted by atomic mass is 10.2. The Bertz CT molecular complexity index is 649. The third kappa shape index (κ3) is 3.08. The van der Waals surface area contributed by atoms with Crippen LogP contribution in [0.15, 0.2) is 24.5 Å². The summed E-state index contributed by atoms with van der Waals surface area (Å²) in [6.45, 7) is 1.50. The maximum absolute atomic E-state index is 13.7. The second-order valence-corrected chi connectivity index (χ2v) is 4.50. The van der Waals surface area contributed by atoms with Gasteiger partial charge in [0, 0.05) is 23.3 Å². The normalized spacial score (nSPS) is 10.3. The van der Waals surface area contributed by atoms with Crippen LogP contribution in [0.1, 0.15) is 11.1 Å². The van der Waals surface area contributed by atoms with Gasteiger partial charge in [-0.05, 0) is 18.6 Å². The first-order chi connectivity index (χ1) is 9.51. The quantitative estimate of drug-likeness (QED) is 0.483. The standard InChI is InChI=1S/C12H9BrFN3O3/c1-7-2-11(9(14)3-10(7)17(18)19)20-12-15-5-8(4-13)6-16-12/h2-3,5-6H,4H2,1H3. The number of halogens is 2. The van der Waals surface area contributed by atoms with E-state index in [1.807, 2.05) is 0 Å². The van der Waals surface area contributed by atoms with E-state index in [2.05, 4.69) is 25.9 Å². The number of hydrogen-bond donors (Lipinski definition) is 0. The minimum Gasteiger partial charge on any atom is -0.421 e. The van der Waals surface area contributed by atoms with Gasteiger partial charge in [0.25, 0.3) is 5.69 Å². The van der Waals surface area contributed by atoms with Gasteiger partial charge in [0.05, 0.1) is 11.0 Å². The first-order valence-electron chi connectivity index (χ1n) is 5.50. The van der Waals surface area contributed by atoms with Gasteiger partial charge in [-0.15, -0.1) is 0 Å². The maximum Gasteiger partial charge on any atom is 0.321 e. The van der Waals surface area contributed by atoms with Crippen molar-refractivity contribution >= 4 is 21.6 Å². The van der Waals surface area contributed by atoms with Crippen LogP contribution in [0, 0.1) is 22.9 Å². The minimum atomic E-state index is -0.838. The molecule has 0 bridgehead atoms. The van der Waals surface area contributed by atoms with Gasteiger partial charge < -0.3 is 4.74 Å². The summed E-state index contributed by atoms with van der Waals surface area (Å²) in [4.78, 5) is 17.9. The minimum absolute atomic E-state index is 0.0261. The molecule has 0 aliphatic rings. The summed E-state index contributed by atoms with van der Waals surface area (Å²) in [5.74, 6) is -0.991. The Morgan fingerprint density at radius 2 is 2.05 bits per heavy atom. The monoisotopic (exact) mass is 341 g/mol. The topological polar surface area (TPSA) is 78.2 Å². The van der Waals surface area contributed by atoms with Gasteiger partial charge >= 0.3 is 6.01 Å². The highest BCUT2D eigenvalue weighted by atomic mass is 79.9. The fourth-order valence-electron chi connectivity index (χ4n) is 1.48. The number of ether oxygens (including phenoxy) is 1. The number of alkyl halides is 1. The Morgan fingerprint density at radius 1 is 1.40 bits per heavy atom. The second-order valence-electron chi connectivity index (χ2n) is 3.94. The van der Waals surface area contributed by atoms with E-state index in [1.54, 1.807) is 0 Å². The van der Waals surface area contributed by atoms with Crippen molar-refractivity contribution in [1.29, 1.82) is 0 Å². The molecule has 0 saturated carbocycles. The van der Waals surface area contributed by atoms with Crippen molar-refractivity contribution in [3.05, 3.63) is 51.6 Å². The van der Waals surface area contributed by atoms with Gasteiger partial charge in [0.2, 0.25) is 0 Å². The van der Waals surface area contributed by atoms with E-state index in [4.69, 9.17) is 4.74 Å². The summed E-state index contributed by atoms with van der Waals surface area (Å²) in [6.07, 6.45) is 3.07. The van der Waals surface area contributed by atoms with Gasteiger partial charge in [-0.25, -0.2) is 14.4 Å². The van der Waals surface area contributed by atoms with Crippen LogP contribution < -0.4 is 4.74 Å². The molecule has 2 aromatic rings. The highest BCUT2D eigenvalue weighted by molar-refractivity contribution is 9.08. The predicted octanol–water partition coefficient (Wildman–Crippen LogP) is 3.52. The summed E-state index contributed by atoms with van der Waals surface area (Å²) in [6, 6.07) is 2.04. The van der Waals surface area contributed by atoms with Crippen molar-refractivity contribution in [1.82, 2.24) is 9.97 Å². The van der Waals surface area contributed by atoms with Gasteiger partial charge in [-0.2, -0.15) is 0 Å². The molecule has 0 aliphatic carbocycles. The summed E-state index contributed by atoms with van der Waals surface area (Å²) < 4.78 is 18.9. The molecule has 1 aromatic carbocycles. The van der Waals surface area contributed by atoms with Crippen molar-refractivity contribution in [2.24, 2.45) is 0 Å². The predicted molar refractivity (Wildman–Crippen MR) is 72.5 cm³/mol. The van der Waals surface area contributed by atoms with E-state index < -0.39 is 10.7 Å². The molecule has 1 heterocycles. The first kappa shape index (κ1) is 14.3. The van der Waals surface area contributed by atoms with Crippen LogP contribution in [0.25, 0.3) is 0 Å². The smallest absolute Gasteiger partial charge is 0.321 e. The molecule has 0 unspecified atom stereocenters. The Morgan fingerprint density at radius 3 is 2.60 bits per heavy atom. The van der Waals surface area contributed by atoms with Crippen LogP contribution in [-0.4, -0.2) is 14.9 Å². The van der Waals surface area contributed by atoms with Gasteiger partial charge in [-0.3, -0.25) is 10.1 Å². The summed E-state index contributed by atoms with van der Waals surface area (Å²) in [5, 5.41) is 11.3. The number of rotatable bonds is 4. The number of aromatic nitrogens is 2. The Kier molecular flexibility index (Phi) is 4.23. The maximum atomic E-state index is 13.7. The number of benzene rings is 1. The molecule has 8 heteroatoms. The highest BCUT2D eigenvalue weighted by Crippen LogP contribution is 2.29. The van der Waals surface area contributed by atoms with E-state index in [0.29, 0.717) is 10.9 Å². The number of nitro benzene ring substituents is 1. The fourth-order valence-corrected chi connectivity index (χ4v) is 1.77. The molecule has 104 valence electrons. The molecular weight excluding hydrogens is 333 g/mol. The van der Waals surface area contributed by atoms with Crippen LogP contribution in [0.2, 0.25) is 0 Å². The number of hydrogen-bond acceptors (Lipinski definition) is 5. The van der Waals surface area contributed by atoms with E-state index in [-0.39, 0.29) is 17.4 Å². The lowest BCUT2D eigenvalue weighted by Crippen LogP contribution is -1.98. The lowest BCUT2D eigenvalue weighted by molar-refractivity contribution is -0.385. The molecule has 0 saturated heterocycles. The zero-order valence-electron chi connectivity index (χ0n) is 10.3. The van der Waals surface area contributed by atoms with Crippen LogP contribution in [-0.2, 0) is 5.33 Å². The summed E-state index contributed by atoms with van der Waals surface area (Å²) >= 11 is 3.25. The van der Waals surface area contributed by atoms with E-state index in [9.17, 15) is 14.5 Å². The molecule has 0 aliphatic heterocycles. The molecule has 0 N–H and O–H groups in total. The molecule has 1 aromatic heterocycles. The van der Waals surface area contributed by atoms with Crippen LogP contribution in [0.4, 0.5) is 10.1 Å². The van der Waals surface area contributed by atoms with Gasteiger partial charge in [0.1, 0.15) is 0 Å². The number of aryl methyl sites for hydroxylation is 1.